The van der Waals surface area contributed by atoms with Gasteiger partial charge in [-0.05, 0) is 39.0 Å². The predicted octanol–water partition coefficient (Wildman–Crippen LogP) is 4.49. The number of halogens is 1. The molecule has 0 aliphatic heterocycles. The van der Waals surface area contributed by atoms with Crippen LogP contribution in [0.4, 0.5) is 10.8 Å². The molecule has 0 fully saturated rings. The summed E-state index contributed by atoms with van der Waals surface area (Å²) in [5.74, 6) is -0.260. The van der Waals surface area contributed by atoms with Crippen molar-refractivity contribution in [2.24, 2.45) is 0 Å². The normalized spacial score (nSPS) is 11.2. The summed E-state index contributed by atoms with van der Waals surface area (Å²) < 4.78 is 6.10. The maximum Gasteiger partial charge on any atom is 0.317 e. The fourth-order valence-electron chi connectivity index (χ4n) is 1.72. The van der Waals surface area contributed by atoms with Gasteiger partial charge in [-0.15, -0.1) is 11.3 Å². The summed E-state index contributed by atoms with van der Waals surface area (Å²) in [6.45, 7) is 5.82. The zero-order valence-corrected chi connectivity index (χ0v) is 14.5. The largest absolute Gasteiger partial charge is 0.465 e. The van der Waals surface area contributed by atoms with Crippen LogP contribution in [0.5, 0.6) is 0 Å². The molecule has 0 radical (unpaired) electrons. The molecule has 0 spiro atoms. The van der Waals surface area contributed by atoms with Crippen molar-refractivity contribution in [1.82, 2.24) is 4.98 Å². The summed E-state index contributed by atoms with van der Waals surface area (Å²) in [5, 5.41) is 5.87. The van der Waals surface area contributed by atoms with E-state index in [1.807, 2.05) is 43.5 Å². The van der Waals surface area contributed by atoms with Crippen LogP contribution in [0.3, 0.4) is 0 Å². The first kappa shape index (κ1) is 16.0. The van der Waals surface area contributed by atoms with Crippen LogP contribution in [0, 0.1) is 0 Å². The van der Waals surface area contributed by atoms with Crippen molar-refractivity contribution >= 4 is 44.1 Å². The number of ether oxygens (including phenoxy) is 1. The molecule has 4 nitrogen and oxygen atoms in total. The quantitative estimate of drug-likeness (QED) is 0.789. The second-order valence-corrected chi connectivity index (χ2v) is 6.79. The number of aromatic nitrogens is 1. The highest BCUT2D eigenvalue weighted by atomic mass is 79.9. The minimum Gasteiger partial charge on any atom is -0.465 e. The summed E-state index contributed by atoms with van der Waals surface area (Å²) in [4.78, 5) is 16.5. The minimum atomic E-state index is -0.746. The molecule has 0 aliphatic rings. The molecule has 0 saturated carbocycles. The Morgan fingerprint density at radius 3 is 2.90 bits per heavy atom. The average molecular weight is 369 g/mol. The third-order valence-corrected chi connectivity index (χ3v) is 4.26. The Balaban J connectivity index is 2.16. The number of carbonyl (C=O) groups excluding carboxylic acids is 1. The number of hydrogen-bond donors (Lipinski definition) is 1. The van der Waals surface area contributed by atoms with Crippen LogP contribution in [0.25, 0.3) is 0 Å². The Morgan fingerprint density at radius 1 is 1.48 bits per heavy atom. The highest BCUT2D eigenvalue weighted by molar-refractivity contribution is 9.10. The summed E-state index contributed by atoms with van der Waals surface area (Å²) in [5.41, 5.74) is 0.909. The first-order valence-electron chi connectivity index (χ1n) is 6.59. The molecule has 1 N–H and O–H groups in total. The molecule has 0 atom stereocenters. The molecule has 2 aromatic rings. The van der Waals surface area contributed by atoms with Crippen molar-refractivity contribution in [3.05, 3.63) is 39.8 Å². The van der Waals surface area contributed by atoms with Gasteiger partial charge in [0, 0.05) is 15.5 Å². The lowest BCUT2D eigenvalue weighted by Crippen LogP contribution is -2.31. The van der Waals surface area contributed by atoms with E-state index in [0.29, 0.717) is 12.3 Å². The second kappa shape index (κ2) is 6.58. The average Bonchev–Trinajstić information content (AvgIpc) is 2.88. The molecule has 112 valence electrons. The Hall–Kier alpha value is -1.40. The predicted molar refractivity (Wildman–Crippen MR) is 89.2 cm³/mol. The van der Waals surface area contributed by atoms with Crippen LogP contribution >= 0.6 is 27.3 Å². The molecule has 21 heavy (non-hydrogen) atoms. The van der Waals surface area contributed by atoms with E-state index >= 15 is 0 Å². The SMILES string of the molecule is CCOC(=O)C(C)(C)c1csc(Nc2cccc(Br)c2)n1. The van der Waals surface area contributed by atoms with Gasteiger partial charge in [-0.25, -0.2) is 4.98 Å². The van der Waals surface area contributed by atoms with Gasteiger partial charge in [0.1, 0.15) is 5.41 Å². The lowest BCUT2D eigenvalue weighted by Gasteiger charge is -2.19. The van der Waals surface area contributed by atoms with E-state index < -0.39 is 5.41 Å². The zero-order valence-electron chi connectivity index (χ0n) is 12.1. The van der Waals surface area contributed by atoms with E-state index in [9.17, 15) is 4.79 Å². The van der Waals surface area contributed by atoms with Gasteiger partial charge in [-0.2, -0.15) is 0 Å². The summed E-state index contributed by atoms with van der Waals surface area (Å²) in [6.07, 6.45) is 0. The van der Waals surface area contributed by atoms with Gasteiger partial charge < -0.3 is 10.1 Å². The number of carbonyl (C=O) groups is 1. The van der Waals surface area contributed by atoms with Crippen LogP contribution in [0.1, 0.15) is 26.5 Å². The fraction of sp³-hybridized carbons (Fsp3) is 0.333. The third kappa shape index (κ3) is 3.83. The van der Waals surface area contributed by atoms with E-state index in [0.717, 1.165) is 15.3 Å². The van der Waals surface area contributed by atoms with Crippen LogP contribution in [0.2, 0.25) is 0 Å². The number of benzene rings is 1. The molecule has 0 saturated heterocycles. The van der Waals surface area contributed by atoms with Gasteiger partial charge in [-0.3, -0.25) is 4.79 Å². The number of nitrogens with one attached hydrogen (secondary N) is 1. The standard InChI is InChI=1S/C15H17BrN2O2S/c1-4-20-13(19)15(2,3)12-9-21-14(18-12)17-11-7-5-6-10(16)8-11/h5-9H,4H2,1-3H3,(H,17,18). The van der Waals surface area contributed by atoms with Gasteiger partial charge in [0.2, 0.25) is 0 Å². The highest BCUT2D eigenvalue weighted by Gasteiger charge is 2.33. The van der Waals surface area contributed by atoms with Crippen molar-refractivity contribution in [1.29, 1.82) is 0 Å². The number of hydrogen-bond acceptors (Lipinski definition) is 5. The van der Waals surface area contributed by atoms with E-state index in [-0.39, 0.29) is 5.97 Å². The van der Waals surface area contributed by atoms with Crippen molar-refractivity contribution in [3.8, 4) is 0 Å². The lowest BCUT2D eigenvalue weighted by atomic mass is 9.90. The molecule has 1 aromatic carbocycles. The van der Waals surface area contributed by atoms with Crippen LogP contribution in [-0.2, 0) is 14.9 Å². The zero-order chi connectivity index (χ0) is 15.5. The van der Waals surface area contributed by atoms with Gasteiger partial charge in [-0.1, -0.05) is 22.0 Å². The summed E-state index contributed by atoms with van der Waals surface area (Å²) >= 11 is 4.90. The van der Waals surface area contributed by atoms with Gasteiger partial charge in [0.25, 0.3) is 0 Å². The Labute approximate surface area is 136 Å². The molecule has 0 amide bonds. The Kier molecular flexibility index (Phi) is 5.00. The van der Waals surface area contributed by atoms with E-state index in [1.54, 1.807) is 6.92 Å². The van der Waals surface area contributed by atoms with E-state index in [1.165, 1.54) is 11.3 Å². The molecule has 1 aromatic heterocycles. The third-order valence-electron chi connectivity index (χ3n) is 3.01. The van der Waals surface area contributed by atoms with Gasteiger partial charge in [0.15, 0.2) is 5.13 Å². The topological polar surface area (TPSA) is 51.2 Å². The minimum absolute atomic E-state index is 0.260. The van der Waals surface area contributed by atoms with Crippen molar-refractivity contribution in [2.45, 2.75) is 26.2 Å². The van der Waals surface area contributed by atoms with Gasteiger partial charge >= 0.3 is 5.97 Å². The molecular weight excluding hydrogens is 352 g/mol. The Bertz CT molecular complexity index is 640. The molecular formula is C15H17BrN2O2S. The Morgan fingerprint density at radius 2 is 2.24 bits per heavy atom. The van der Waals surface area contributed by atoms with Crippen LogP contribution < -0.4 is 5.32 Å². The van der Waals surface area contributed by atoms with E-state index in [2.05, 4.69) is 26.2 Å². The van der Waals surface area contributed by atoms with Gasteiger partial charge in [0.05, 0.1) is 12.3 Å². The maximum atomic E-state index is 12.0. The molecule has 1 heterocycles. The van der Waals surface area contributed by atoms with Crippen molar-refractivity contribution < 1.29 is 9.53 Å². The first-order valence-corrected chi connectivity index (χ1v) is 8.26. The molecule has 2 rings (SSSR count). The maximum absolute atomic E-state index is 12.0. The number of nitrogens with zero attached hydrogens (tertiary/aromatic N) is 1. The number of thiazole rings is 1. The number of anilines is 2. The van der Waals surface area contributed by atoms with Crippen molar-refractivity contribution in [3.63, 3.8) is 0 Å². The van der Waals surface area contributed by atoms with Crippen LogP contribution in [0.15, 0.2) is 34.1 Å². The number of esters is 1. The van der Waals surface area contributed by atoms with Crippen LogP contribution in [-0.4, -0.2) is 17.6 Å². The highest BCUT2D eigenvalue weighted by Crippen LogP contribution is 2.30. The smallest absolute Gasteiger partial charge is 0.317 e. The fourth-order valence-corrected chi connectivity index (χ4v) is 3.02. The summed E-state index contributed by atoms with van der Waals surface area (Å²) in [6, 6.07) is 7.84. The number of rotatable bonds is 5. The monoisotopic (exact) mass is 368 g/mol. The molecule has 6 heteroatoms. The molecule has 0 unspecified atom stereocenters. The molecule has 0 aliphatic carbocycles. The molecule has 0 bridgehead atoms. The lowest BCUT2D eigenvalue weighted by molar-refractivity contribution is -0.148. The first-order chi connectivity index (χ1) is 9.93. The summed E-state index contributed by atoms with van der Waals surface area (Å²) in [7, 11) is 0. The van der Waals surface area contributed by atoms with E-state index in [4.69, 9.17) is 4.74 Å². The van der Waals surface area contributed by atoms with Crippen molar-refractivity contribution in [2.75, 3.05) is 11.9 Å². The second-order valence-electron chi connectivity index (χ2n) is 5.02.